The molecule has 1 aromatic carbocycles. The minimum Gasteiger partial charge on any atom is -0.345 e. The molecule has 4 nitrogen and oxygen atoms in total. The molecule has 2 atom stereocenters. The molecule has 0 aromatic heterocycles. The number of hydrogen-bond donors (Lipinski definition) is 1. The van der Waals surface area contributed by atoms with Crippen molar-refractivity contribution in [1.82, 2.24) is 10.2 Å². The second-order valence-electron chi connectivity index (χ2n) is 4.67. The van der Waals surface area contributed by atoms with Crippen LogP contribution in [-0.4, -0.2) is 29.3 Å². The Morgan fingerprint density at radius 3 is 2.58 bits per heavy atom. The van der Waals surface area contributed by atoms with Gasteiger partial charge in [-0.2, -0.15) is 0 Å². The highest BCUT2D eigenvalue weighted by Gasteiger charge is 2.36. The Morgan fingerprint density at radius 1 is 1.37 bits per heavy atom. The molecule has 1 aliphatic rings. The van der Waals surface area contributed by atoms with Crippen LogP contribution < -0.4 is 5.32 Å². The molecule has 1 heterocycles. The van der Waals surface area contributed by atoms with Gasteiger partial charge in [0.05, 0.1) is 12.6 Å². The Morgan fingerprint density at radius 2 is 2.00 bits per heavy atom. The van der Waals surface area contributed by atoms with E-state index in [2.05, 4.69) is 21.2 Å². The van der Waals surface area contributed by atoms with Gasteiger partial charge in [-0.15, -0.1) is 0 Å². The molecular formula is C14H17BrN2O2. The summed E-state index contributed by atoms with van der Waals surface area (Å²) in [6.07, 6.45) is 0.623. The normalized spacial score (nSPS) is 21.2. The number of benzene rings is 1. The van der Waals surface area contributed by atoms with Crippen molar-refractivity contribution in [3.63, 3.8) is 0 Å². The summed E-state index contributed by atoms with van der Waals surface area (Å²) in [5, 5.41) is 2.64. The summed E-state index contributed by atoms with van der Waals surface area (Å²) in [6.45, 7) is 3.97. The molecule has 2 rings (SSSR count). The van der Waals surface area contributed by atoms with Gasteiger partial charge in [0.15, 0.2) is 0 Å². The maximum Gasteiger partial charge on any atom is 0.243 e. The molecule has 0 bridgehead atoms. The SMILES string of the molecule is CCC1C(=O)NCC(=O)N1C(C)c1ccc(Br)cc1. The van der Waals surface area contributed by atoms with Gasteiger partial charge in [0, 0.05) is 4.47 Å². The fraction of sp³-hybridized carbons (Fsp3) is 0.429. The minimum absolute atomic E-state index is 0.0260. The lowest BCUT2D eigenvalue weighted by Gasteiger charge is -2.39. The number of amides is 2. The smallest absolute Gasteiger partial charge is 0.243 e. The first-order chi connectivity index (χ1) is 9.04. The average molecular weight is 325 g/mol. The van der Waals surface area contributed by atoms with Gasteiger partial charge in [-0.1, -0.05) is 35.0 Å². The number of nitrogens with zero attached hydrogens (tertiary/aromatic N) is 1. The molecule has 2 unspecified atom stereocenters. The zero-order valence-electron chi connectivity index (χ0n) is 11.0. The second-order valence-corrected chi connectivity index (χ2v) is 5.59. The van der Waals surface area contributed by atoms with Crippen molar-refractivity contribution in [2.24, 2.45) is 0 Å². The van der Waals surface area contributed by atoms with Gasteiger partial charge in [0.1, 0.15) is 6.04 Å². The van der Waals surface area contributed by atoms with Crippen molar-refractivity contribution < 1.29 is 9.59 Å². The number of rotatable bonds is 3. The van der Waals surface area contributed by atoms with Gasteiger partial charge >= 0.3 is 0 Å². The number of nitrogens with one attached hydrogen (secondary N) is 1. The van der Waals surface area contributed by atoms with E-state index in [-0.39, 0.29) is 30.4 Å². The summed E-state index contributed by atoms with van der Waals surface area (Å²) < 4.78 is 0.998. The maximum atomic E-state index is 12.1. The van der Waals surface area contributed by atoms with Crippen molar-refractivity contribution in [1.29, 1.82) is 0 Å². The summed E-state index contributed by atoms with van der Waals surface area (Å²) in [7, 11) is 0. The Hall–Kier alpha value is -1.36. The lowest BCUT2D eigenvalue weighted by molar-refractivity contribution is -0.148. The monoisotopic (exact) mass is 324 g/mol. The van der Waals surface area contributed by atoms with Crippen molar-refractivity contribution in [2.75, 3.05) is 6.54 Å². The van der Waals surface area contributed by atoms with E-state index in [0.717, 1.165) is 10.0 Å². The molecule has 1 saturated heterocycles. The second kappa shape index (κ2) is 5.74. The fourth-order valence-electron chi connectivity index (χ4n) is 2.44. The first-order valence-electron chi connectivity index (χ1n) is 6.39. The zero-order valence-corrected chi connectivity index (χ0v) is 12.6. The molecule has 1 aromatic rings. The first-order valence-corrected chi connectivity index (χ1v) is 7.18. The van der Waals surface area contributed by atoms with E-state index >= 15 is 0 Å². The largest absolute Gasteiger partial charge is 0.345 e. The molecule has 1 N–H and O–H groups in total. The molecule has 0 aliphatic carbocycles. The predicted molar refractivity (Wildman–Crippen MR) is 76.5 cm³/mol. The molecular weight excluding hydrogens is 308 g/mol. The molecule has 0 spiro atoms. The summed E-state index contributed by atoms with van der Waals surface area (Å²) in [4.78, 5) is 25.6. The van der Waals surface area contributed by atoms with Gasteiger partial charge in [-0.25, -0.2) is 0 Å². The number of carbonyl (C=O) groups excluding carboxylic acids is 2. The molecule has 19 heavy (non-hydrogen) atoms. The van der Waals surface area contributed by atoms with Crippen LogP contribution in [0.15, 0.2) is 28.7 Å². The molecule has 5 heteroatoms. The zero-order chi connectivity index (χ0) is 14.0. The minimum atomic E-state index is -0.375. The highest BCUT2D eigenvalue weighted by Crippen LogP contribution is 2.26. The molecule has 2 amide bonds. The van der Waals surface area contributed by atoms with Crippen LogP contribution in [0, 0.1) is 0 Å². The Balaban J connectivity index is 2.28. The predicted octanol–water partition coefficient (Wildman–Crippen LogP) is 2.25. The van der Waals surface area contributed by atoms with Crippen molar-refractivity contribution in [3.05, 3.63) is 34.3 Å². The Kier molecular flexibility index (Phi) is 4.24. The highest BCUT2D eigenvalue weighted by molar-refractivity contribution is 9.10. The van der Waals surface area contributed by atoms with E-state index < -0.39 is 0 Å². The number of carbonyl (C=O) groups is 2. The van der Waals surface area contributed by atoms with Gasteiger partial charge < -0.3 is 10.2 Å². The van der Waals surface area contributed by atoms with Gasteiger partial charge in [-0.05, 0) is 31.0 Å². The molecule has 102 valence electrons. The summed E-state index contributed by atoms with van der Waals surface area (Å²) in [6, 6.07) is 7.36. The summed E-state index contributed by atoms with van der Waals surface area (Å²) in [5.74, 6) is -0.0899. The molecule has 1 fully saturated rings. The van der Waals surface area contributed by atoms with E-state index in [1.54, 1.807) is 4.90 Å². The van der Waals surface area contributed by atoms with Crippen LogP contribution in [0.1, 0.15) is 31.9 Å². The van der Waals surface area contributed by atoms with E-state index in [1.165, 1.54) is 0 Å². The first kappa shape index (κ1) is 14.1. The topological polar surface area (TPSA) is 49.4 Å². The number of piperazine rings is 1. The molecule has 0 saturated carbocycles. The lowest BCUT2D eigenvalue weighted by atomic mass is 10.0. The maximum absolute atomic E-state index is 12.1. The van der Waals surface area contributed by atoms with Crippen LogP contribution in [0.5, 0.6) is 0 Å². The van der Waals surface area contributed by atoms with E-state index in [0.29, 0.717) is 6.42 Å². The Labute approximate surface area is 121 Å². The van der Waals surface area contributed by atoms with Crippen molar-refractivity contribution >= 4 is 27.7 Å². The number of halogens is 1. The lowest BCUT2D eigenvalue weighted by Crippen LogP contribution is -2.58. The van der Waals surface area contributed by atoms with Crippen LogP contribution in [0.25, 0.3) is 0 Å². The molecule has 0 radical (unpaired) electrons. The van der Waals surface area contributed by atoms with Crippen LogP contribution in [0.2, 0.25) is 0 Å². The summed E-state index contributed by atoms with van der Waals surface area (Å²) >= 11 is 3.39. The fourth-order valence-corrected chi connectivity index (χ4v) is 2.71. The standard InChI is InChI=1S/C14H17BrN2O2/c1-3-12-14(19)16-8-13(18)17(12)9(2)10-4-6-11(15)7-5-10/h4-7,9,12H,3,8H2,1-2H3,(H,16,19). The number of hydrogen-bond acceptors (Lipinski definition) is 2. The third-order valence-corrected chi connectivity index (χ3v) is 4.03. The third-order valence-electron chi connectivity index (χ3n) is 3.50. The average Bonchev–Trinajstić information content (AvgIpc) is 2.41. The van der Waals surface area contributed by atoms with Crippen LogP contribution in [-0.2, 0) is 9.59 Å². The Bertz CT molecular complexity index is 487. The van der Waals surface area contributed by atoms with Crippen LogP contribution in [0.3, 0.4) is 0 Å². The van der Waals surface area contributed by atoms with Crippen LogP contribution in [0.4, 0.5) is 0 Å². The van der Waals surface area contributed by atoms with E-state index in [1.807, 2.05) is 38.1 Å². The summed E-state index contributed by atoms with van der Waals surface area (Å²) in [5.41, 5.74) is 1.03. The van der Waals surface area contributed by atoms with Gasteiger partial charge in [0.2, 0.25) is 11.8 Å². The van der Waals surface area contributed by atoms with E-state index in [4.69, 9.17) is 0 Å². The third kappa shape index (κ3) is 2.81. The van der Waals surface area contributed by atoms with Gasteiger partial charge in [-0.3, -0.25) is 9.59 Å². The van der Waals surface area contributed by atoms with E-state index in [9.17, 15) is 9.59 Å². The quantitative estimate of drug-likeness (QED) is 0.927. The van der Waals surface area contributed by atoms with Crippen molar-refractivity contribution in [3.8, 4) is 0 Å². The highest BCUT2D eigenvalue weighted by atomic mass is 79.9. The molecule has 1 aliphatic heterocycles. The van der Waals surface area contributed by atoms with Crippen LogP contribution >= 0.6 is 15.9 Å². The van der Waals surface area contributed by atoms with Gasteiger partial charge in [0.25, 0.3) is 0 Å². The van der Waals surface area contributed by atoms with Crippen molar-refractivity contribution in [2.45, 2.75) is 32.4 Å².